The molecule has 0 aliphatic rings. The molecule has 0 radical (unpaired) electrons. The van der Waals surface area contributed by atoms with E-state index in [0.29, 0.717) is 36.0 Å². The van der Waals surface area contributed by atoms with Crippen LogP contribution in [0.25, 0.3) is 11.0 Å². The van der Waals surface area contributed by atoms with Crippen molar-refractivity contribution in [3.63, 3.8) is 0 Å². The first-order valence-corrected chi connectivity index (χ1v) is 13.7. The Kier molecular flexibility index (Phi) is 11.8. The third-order valence-corrected chi connectivity index (χ3v) is 6.71. The summed E-state index contributed by atoms with van der Waals surface area (Å²) in [6, 6.07) is 12.1. The van der Waals surface area contributed by atoms with Crippen LogP contribution in [0.4, 0.5) is 5.69 Å². The van der Waals surface area contributed by atoms with Crippen LogP contribution in [0, 0.1) is 6.92 Å². The summed E-state index contributed by atoms with van der Waals surface area (Å²) < 4.78 is 5.25. The fourth-order valence-corrected chi connectivity index (χ4v) is 4.44. The lowest BCUT2D eigenvalue weighted by molar-refractivity contribution is -0.138. The SMILES string of the molecule is Cc1cc(=O)oc2cc(NC(=O)[C@H](CCCCN)NC(=O)[C@H](CCC(=O)O)NC(=O)[C@@H](N)Cc3ccccc3)ccc12. The van der Waals surface area contributed by atoms with E-state index in [2.05, 4.69) is 16.0 Å². The average Bonchev–Trinajstić information content (AvgIpc) is 2.94. The van der Waals surface area contributed by atoms with Gasteiger partial charge in [0.2, 0.25) is 17.7 Å². The van der Waals surface area contributed by atoms with Crippen LogP contribution in [0.15, 0.2) is 63.8 Å². The molecule has 0 saturated carbocycles. The van der Waals surface area contributed by atoms with E-state index >= 15 is 0 Å². The highest BCUT2D eigenvalue weighted by atomic mass is 16.4. The Balaban J connectivity index is 1.74. The van der Waals surface area contributed by atoms with Crippen molar-refractivity contribution in [2.24, 2.45) is 11.5 Å². The summed E-state index contributed by atoms with van der Waals surface area (Å²) in [7, 11) is 0. The van der Waals surface area contributed by atoms with Crippen molar-refractivity contribution in [1.82, 2.24) is 10.6 Å². The molecule has 0 bridgehead atoms. The van der Waals surface area contributed by atoms with Gasteiger partial charge in [-0.25, -0.2) is 4.79 Å². The van der Waals surface area contributed by atoms with Crippen LogP contribution in [0.5, 0.6) is 0 Å². The number of hydrogen-bond donors (Lipinski definition) is 6. The molecular formula is C30H37N5O7. The molecule has 12 heteroatoms. The molecule has 0 aliphatic heterocycles. The molecule has 12 nitrogen and oxygen atoms in total. The summed E-state index contributed by atoms with van der Waals surface area (Å²) in [5.41, 5.74) is 13.3. The van der Waals surface area contributed by atoms with Crippen molar-refractivity contribution in [1.29, 1.82) is 0 Å². The standard InChI is InChI=1S/C30H37N5O7/c1-18-15-27(38)42-25-17-20(10-11-21(18)25)33-29(40)23(9-5-6-14-31)35-30(41)24(12-13-26(36)37)34-28(39)22(32)16-19-7-3-2-4-8-19/h2-4,7-8,10-11,15,17,22-24H,5-6,9,12-14,16,31-32H2,1H3,(H,33,40)(H,34,39)(H,35,41)(H,36,37)/t22-,23-,24-/m0/s1. The van der Waals surface area contributed by atoms with Gasteiger partial charge in [-0.3, -0.25) is 19.2 Å². The number of aliphatic carboxylic acids is 1. The largest absolute Gasteiger partial charge is 0.481 e. The van der Waals surface area contributed by atoms with Gasteiger partial charge in [-0.05, 0) is 68.8 Å². The van der Waals surface area contributed by atoms with Crippen LogP contribution in [0.1, 0.15) is 43.2 Å². The topological polar surface area (TPSA) is 207 Å². The highest BCUT2D eigenvalue weighted by Gasteiger charge is 2.28. The first-order valence-electron chi connectivity index (χ1n) is 13.7. The van der Waals surface area contributed by atoms with Crippen molar-refractivity contribution in [2.45, 2.75) is 63.6 Å². The smallest absolute Gasteiger partial charge is 0.336 e. The Morgan fingerprint density at radius 1 is 0.905 bits per heavy atom. The minimum Gasteiger partial charge on any atom is -0.481 e. The third-order valence-electron chi connectivity index (χ3n) is 6.71. The fraction of sp³-hybridized carbons (Fsp3) is 0.367. The van der Waals surface area contributed by atoms with E-state index in [1.165, 1.54) is 12.1 Å². The van der Waals surface area contributed by atoms with E-state index < -0.39 is 53.9 Å². The number of anilines is 1. The Morgan fingerprint density at radius 3 is 2.29 bits per heavy atom. The van der Waals surface area contributed by atoms with Crippen LogP contribution in [0.2, 0.25) is 0 Å². The van der Waals surface area contributed by atoms with Gasteiger partial charge in [0, 0.05) is 29.6 Å². The summed E-state index contributed by atoms with van der Waals surface area (Å²) in [6.07, 6.45) is 0.991. The molecule has 1 heterocycles. The number of carbonyl (C=O) groups is 4. The van der Waals surface area contributed by atoms with E-state index in [4.69, 9.17) is 15.9 Å². The van der Waals surface area contributed by atoms with Crippen molar-refractivity contribution in [2.75, 3.05) is 11.9 Å². The van der Waals surface area contributed by atoms with Gasteiger partial charge in [0.1, 0.15) is 17.7 Å². The second kappa shape index (κ2) is 15.5. The summed E-state index contributed by atoms with van der Waals surface area (Å²) in [5.74, 6) is -3.03. The lowest BCUT2D eigenvalue weighted by Crippen LogP contribution is -2.55. The number of carboxylic acid groups (broad SMARTS) is 1. The number of aryl methyl sites for hydroxylation is 1. The van der Waals surface area contributed by atoms with E-state index in [9.17, 15) is 29.1 Å². The summed E-state index contributed by atoms with van der Waals surface area (Å²) in [4.78, 5) is 62.5. The lowest BCUT2D eigenvalue weighted by atomic mass is 10.0. The van der Waals surface area contributed by atoms with Gasteiger partial charge in [0.05, 0.1) is 6.04 Å². The first kappa shape index (κ1) is 32.0. The highest BCUT2D eigenvalue weighted by molar-refractivity contribution is 5.99. The maximum atomic E-state index is 13.3. The molecular weight excluding hydrogens is 542 g/mol. The van der Waals surface area contributed by atoms with Gasteiger partial charge in [0.15, 0.2) is 0 Å². The number of nitrogens with one attached hydrogen (secondary N) is 3. The lowest BCUT2D eigenvalue weighted by Gasteiger charge is -2.24. The Morgan fingerprint density at radius 2 is 1.60 bits per heavy atom. The summed E-state index contributed by atoms with van der Waals surface area (Å²) in [6.45, 7) is 2.16. The van der Waals surface area contributed by atoms with E-state index in [1.807, 2.05) is 30.3 Å². The Labute approximate surface area is 242 Å². The molecule has 8 N–H and O–H groups in total. The molecule has 224 valence electrons. The monoisotopic (exact) mass is 579 g/mol. The Bertz CT molecular complexity index is 1460. The molecule has 2 aromatic carbocycles. The molecule has 0 unspecified atom stereocenters. The minimum atomic E-state index is -1.24. The first-order chi connectivity index (χ1) is 20.1. The van der Waals surface area contributed by atoms with Gasteiger partial charge < -0.3 is 36.9 Å². The number of rotatable bonds is 15. The van der Waals surface area contributed by atoms with Crippen molar-refractivity contribution >= 4 is 40.3 Å². The molecule has 3 aromatic rings. The third kappa shape index (κ3) is 9.53. The minimum absolute atomic E-state index is 0.203. The molecule has 0 fully saturated rings. The van der Waals surface area contributed by atoms with Crippen molar-refractivity contribution < 1.29 is 28.7 Å². The zero-order valence-electron chi connectivity index (χ0n) is 23.4. The van der Waals surface area contributed by atoms with Gasteiger partial charge in [-0.15, -0.1) is 0 Å². The molecule has 3 atom stereocenters. The molecule has 0 spiro atoms. The molecule has 0 aliphatic carbocycles. The maximum absolute atomic E-state index is 13.3. The van der Waals surface area contributed by atoms with Crippen LogP contribution < -0.4 is 33.0 Å². The van der Waals surface area contributed by atoms with Crippen molar-refractivity contribution in [3.8, 4) is 0 Å². The van der Waals surface area contributed by atoms with Crippen molar-refractivity contribution in [3.05, 3.63) is 76.1 Å². The van der Waals surface area contributed by atoms with Crippen LogP contribution >= 0.6 is 0 Å². The molecule has 1 aromatic heterocycles. The van der Waals surface area contributed by atoms with Crippen LogP contribution in [-0.2, 0) is 25.6 Å². The van der Waals surface area contributed by atoms with E-state index in [1.54, 1.807) is 19.1 Å². The second-order valence-electron chi connectivity index (χ2n) is 10.1. The van der Waals surface area contributed by atoms with Crippen LogP contribution in [0.3, 0.4) is 0 Å². The number of nitrogens with two attached hydrogens (primary N) is 2. The van der Waals surface area contributed by atoms with Gasteiger partial charge >= 0.3 is 11.6 Å². The predicted molar refractivity (Wildman–Crippen MR) is 158 cm³/mol. The quantitative estimate of drug-likeness (QED) is 0.114. The molecule has 0 saturated heterocycles. The highest BCUT2D eigenvalue weighted by Crippen LogP contribution is 2.21. The summed E-state index contributed by atoms with van der Waals surface area (Å²) in [5, 5.41) is 17.8. The predicted octanol–water partition coefficient (Wildman–Crippen LogP) is 1.57. The fourth-order valence-electron chi connectivity index (χ4n) is 4.44. The Hall–Kier alpha value is -4.55. The van der Waals surface area contributed by atoms with Gasteiger partial charge in [-0.2, -0.15) is 0 Å². The maximum Gasteiger partial charge on any atom is 0.336 e. The molecule has 3 rings (SSSR count). The number of carboxylic acids is 1. The normalized spacial score (nSPS) is 13.1. The number of unbranched alkanes of at least 4 members (excludes halogenated alkanes) is 1. The average molecular weight is 580 g/mol. The second-order valence-corrected chi connectivity index (χ2v) is 10.1. The van der Waals surface area contributed by atoms with Gasteiger partial charge in [0.25, 0.3) is 0 Å². The molecule has 3 amide bonds. The molecule has 42 heavy (non-hydrogen) atoms. The van der Waals surface area contributed by atoms with Crippen LogP contribution in [-0.4, -0.2) is 53.5 Å². The number of amides is 3. The number of hydrogen-bond acceptors (Lipinski definition) is 8. The van der Waals surface area contributed by atoms with Gasteiger partial charge in [-0.1, -0.05) is 30.3 Å². The number of carbonyl (C=O) groups excluding carboxylic acids is 3. The number of fused-ring (bicyclic) bond motifs is 1. The van der Waals surface area contributed by atoms with E-state index in [-0.39, 0.29) is 19.3 Å². The zero-order valence-corrected chi connectivity index (χ0v) is 23.4. The zero-order chi connectivity index (χ0) is 30.6. The summed E-state index contributed by atoms with van der Waals surface area (Å²) >= 11 is 0. The van der Waals surface area contributed by atoms with E-state index in [0.717, 1.165) is 11.1 Å². The number of benzene rings is 2.